The van der Waals surface area contributed by atoms with Crippen LogP contribution >= 0.6 is 12.2 Å². The monoisotopic (exact) mass is 335 g/mol. The number of piperidine rings is 1. The predicted molar refractivity (Wildman–Crippen MR) is 101 cm³/mol. The number of hydrogen-bond donors (Lipinski definition) is 2. The summed E-state index contributed by atoms with van der Waals surface area (Å²) in [4.78, 5) is 2.58. The first-order chi connectivity index (χ1) is 11.1. The van der Waals surface area contributed by atoms with Gasteiger partial charge in [0.25, 0.3) is 0 Å². The van der Waals surface area contributed by atoms with E-state index < -0.39 is 0 Å². The van der Waals surface area contributed by atoms with Crippen LogP contribution < -0.4 is 15.4 Å². The van der Waals surface area contributed by atoms with Crippen LogP contribution in [0, 0.1) is 0 Å². The second-order valence-electron chi connectivity index (χ2n) is 6.22. The number of likely N-dealkylation sites (tertiary alicyclic amines) is 1. The molecule has 0 bridgehead atoms. The molecule has 1 aromatic carbocycles. The molecule has 0 aromatic heterocycles. The molecule has 0 radical (unpaired) electrons. The lowest BCUT2D eigenvalue weighted by molar-refractivity contribution is 0.116. The van der Waals surface area contributed by atoms with Gasteiger partial charge in [0, 0.05) is 24.3 Å². The normalized spacial score (nSPS) is 19.9. The van der Waals surface area contributed by atoms with Gasteiger partial charge >= 0.3 is 0 Å². The second kappa shape index (κ2) is 9.08. The predicted octanol–water partition coefficient (Wildman–Crippen LogP) is 3.63. The lowest BCUT2D eigenvalue weighted by Gasteiger charge is -2.38. The van der Waals surface area contributed by atoms with Crippen LogP contribution in [0.5, 0.6) is 5.75 Å². The summed E-state index contributed by atoms with van der Waals surface area (Å²) in [6.45, 7) is 9.33. The first kappa shape index (κ1) is 18.0. The molecule has 1 heterocycles. The zero-order chi connectivity index (χ0) is 16.7. The summed E-state index contributed by atoms with van der Waals surface area (Å²) in [5.74, 6) is 0.879. The minimum absolute atomic E-state index is 0.491. The highest BCUT2D eigenvalue weighted by molar-refractivity contribution is 7.80. The average Bonchev–Trinajstić information content (AvgIpc) is 2.55. The Labute approximate surface area is 145 Å². The topological polar surface area (TPSA) is 36.5 Å². The van der Waals surface area contributed by atoms with Crippen LogP contribution in [-0.2, 0) is 0 Å². The van der Waals surface area contributed by atoms with E-state index in [2.05, 4.69) is 29.4 Å². The zero-order valence-corrected chi connectivity index (χ0v) is 15.3. The van der Waals surface area contributed by atoms with Crippen LogP contribution in [0.4, 0.5) is 5.69 Å². The van der Waals surface area contributed by atoms with E-state index in [-0.39, 0.29) is 0 Å². The van der Waals surface area contributed by atoms with Crippen LogP contribution in [0.25, 0.3) is 0 Å². The Morgan fingerprint density at radius 1 is 1.35 bits per heavy atom. The van der Waals surface area contributed by atoms with Crippen molar-refractivity contribution >= 4 is 23.0 Å². The molecule has 0 spiro atoms. The van der Waals surface area contributed by atoms with Crippen LogP contribution in [-0.4, -0.2) is 41.8 Å². The van der Waals surface area contributed by atoms with E-state index in [4.69, 9.17) is 17.0 Å². The molecular weight excluding hydrogens is 306 g/mol. The van der Waals surface area contributed by atoms with Gasteiger partial charge < -0.3 is 15.4 Å². The van der Waals surface area contributed by atoms with Gasteiger partial charge in [-0.2, -0.15) is 0 Å². The molecule has 23 heavy (non-hydrogen) atoms. The van der Waals surface area contributed by atoms with Crippen molar-refractivity contribution in [2.45, 2.75) is 52.1 Å². The van der Waals surface area contributed by atoms with Gasteiger partial charge in [-0.15, -0.1) is 0 Å². The highest BCUT2D eigenvalue weighted by atomic mass is 32.1. The number of benzene rings is 1. The molecule has 1 aromatic rings. The van der Waals surface area contributed by atoms with Gasteiger partial charge in [0.1, 0.15) is 5.75 Å². The van der Waals surface area contributed by atoms with Gasteiger partial charge in [-0.1, -0.05) is 6.42 Å². The summed E-state index contributed by atoms with van der Waals surface area (Å²) in [5, 5.41) is 7.23. The van der Waals surface area contributed by atoms with Crippen LogP contribution in [0.3, 0.4) is 0 Å². The van der Waals surface area contributed by atoms with Crippen molar-refractivity contribution in [2.75, 3.05) is 25.0 Å². The Hall–Kier alpha value is -1.33. The maximum Gasteiger partial charge on any atom is 0.170 e. The largest absolute Gasteiger partial charge is 0.494 e. The summed E-state index contributed by atoms with van der Waals surface area (Å²) in [7, 11) is 0. The van der Waals surface area contributed by atoms with Crippen molar-refractivity contribution in [2.24, 2.45) is 0 Å². The van der Waals surface area contributed by atoms with Gasteiger partial charge in [-0.25, -0.2) is 0 Å². The quantitative estimate of drug-likeness (QED) is 0.776. The Morgan fingerprint density at radius 3 is 2.74 bits per heavy atom. The molecule has 0 aliphatic carbocycles. The fourth-order valence-corrected chi connectivity index (χ4v) is 3.31. The van der Waals surface area contributed by atoms with Crippen molar-refractivity contribution in [1.29, 1.82) is 0 Å². The third-order valence-corrected chi connectivity index (χ3v) is 4.65. The summed E-state index contributed by atoms with van der Waals surface area (Å²) < 4.78 is 5.44. The molecule has 2 N–H and O–H groups in total. The van der Waals surface area contributed by atoms with Crippen LogP contribution in [0.1, 0.15) is 40.0 Å². The van der Waals surface area contributed by atoms with Gasteiger partial charge in [0.2, 0.25) is 0 Å². The molecule has 2 atom stereocenters. The minimum atomic E-state index is 0.491. The van der Waals surface area contributed by atoms with Crippen LogP contribution in [0.2, 0.25) is 0 Å². The molecule has 0 saturated carbocycles. The Morgan fingerprint density at radius 2 is 2.09 bits per heavy atom. The maximum atomic E-state index is 5.44. The van der Waals surface area contributed by atoms with E-state index in [1.165, 1.54) is 25.8 Å². The third-order valence-electron chi connectivity index (χ3n) is 4.40. The van der Waals surface area contributed by atoms with Gasteiger partial charge in [0.05, 0.1) is 6.61 Å². The van der Waals surface area contributed by atoms with E-state index in [1.807, 2.05) is 31.2 Å². The van der Waals surface area contributed by atoms with E-state index in [0.717, 1.165) is 18.0 Å². The molecule has 1 saturated heterocycles. The highest BCUT2D eigenvalue weighted by Gasteiger charge is 2.22. The Kier molecular flexibility index (Phi) is 7.12. The standard InChI is InChI=1S/C18H29N3OS/c1-4-22-17-10-8-16(9-11-17)20-18(23)19-13-15(3)21-12-6-5-7-14(21)2/h8-11,14-15H,4-7,12-13H2,1-3H3,(H2,19,20,23)/t14-,15-/m0/s1. The molecular formula is C18H29N3OS. The summed E-state index contributed by atoms with van der Waals surface area (Å²) in [6, 6.07) is 9.03. The maximum absolute atomic E-state index is 5.44. The van der Waals surface area contributed by atoms with E-state index in [9.17, 15) is 0 Å². The lowest BCUT2D eigenvalue weighted by Crippen LogP contribution is -2.48. The lowest BCUT2D eigenvalue weighted by atomic mass is 10.0. The molecule has 4 nitrogen and oxygen atoms in total. The molecule has 0 unspecified atom stereocenters. The molecule has 1 fully saturated rings. The van der Waals surface area contributed by atoms with Crippen molar-refractivity contribution in [3.8, 4) is 5.75 Å². The number of nitrogens with zero attached hydrogens (tertiary/aromatic N) is 1. The van der Waals surface area contributed by atoms with Crippen LogP contribution in [0.15, 0.2) is 24.3 Å². The molecule has 1 aliphatic rings. The average molecular weight is 336 g/mol. The van der Waals surface area contributed by atoms with Gasteiger partial charge in [0.15, 0.2) is 5.11 Å². The highest BCUT2D eigenvalue weighted by Crippen LogP contribution is 2.19. The van der Waals surface area contributed by atoms with Gasteiger partial charge in [-0.3, -0.25) is 4.90 Å². The molecule has 1 aliphatic heterocycles. The molecule has 128 valence electrons. The van der Waals surface area contributed by atoms with Crippen molar-refractivity contribution < 1.29 is 4.74 Å². The Balaban J connectivity index is 1.75. The second-order valence-corrected chi connectivity index (χ2v) is 6.63. The van der Waals surface area contributed by atoms with Crippen molar-refractivity contribution in [1.82, 2.24) is 10.2 Å². The van der Waals surface area contributed by atoms with Gasteiger partial charge in [-0.05, 0) is 76.6 Å². The third kappa shape index (κ3) is 5.66. The minimum Gasteiger partial charge on any atom is -0.494 e. The van der Waals surface area contributed by atoms with E-state index in [0.29, 0.717) is 23.8 Å². The Bertz CT molecular complexity index is 492. The SMILES string of the molecule is CCOc1ccc(NC(=S)NC[C@H](C)N2CCCC[C@@H]2C)cc1. The summed E-state index contributed by atoms with van der Waals surface area (Å²) in [5.41, 5.74) is 0.977. The fraction of sp³-hybridized carbons (Fsp3) is 0.611. The molecule has 0 amide bonds. The number of rotatable bonds is 6. The van der Waals surface area contributed by atoms with Crippen molar-refractivity contribution in [3.63, 3.8) is 0 Å². The summed E-state index contributed by atoms with van der Waals surface area (Å²) >= 11 is 5.40. The number of anilines is 1. The first-order valence-electron chi connectivity index (χ1n) is 8.63. The molecule has 2 rings (SSSR count). The number of ether oxygens (including phenoxy) is 1. The van der Waals surface area contributed by atoms with E-state index >= 15 is 0 Å². The number of thiocarbonyl (C=S) groups is 1. The smallest absolute Gasteiger partial charge is 0.170 e. The first-order valence-corrected chi connectivity index (χ1v) is 9.04. The summed E-state index contributed by atoms with van der Waals surface area (Å²) in [6.07, 6.45) is 3.97. The van der Waals surface area contributed by atoms with Crippen molar-refractivity contribution in [3.05, 3.63) is 24.3 Å². The van der Waals surface area contributed by atoms with E-state index in [1.54, 1.807) is 0 Å². The number of hydrogen-bond acceptors (Lipinski definition) is 3. The fourth-order valence-electron chi connectivity index (χ4n) is 3.11. The molecule has 5 heteroatoms. The zero-order valence-electron chi connectivity index (χ0n) is 14.5. The number of nitrogens with one attached hydrogen (secondary N) is 2.